The lowest BCUT2D eigenvalue weighted by Gasteiger charge is -2.29. The number of nitrogen functional groups attached to an aromatic ring is 1. The fourth-order valence-corrected chi connectivity index (χ4v) is 3.92. The van der Waals surface area contributed by atoms with E-state index >= 15 is 0 Å². The van der Waals surface area contributed by atoms with E-state index in [1.165, 1.54) is 32.1 Å². The minimum absolute atomic E-state index is 0.454. The Morgan fingerprint density at radius 2 is 1.95 bits per heavy atom. The van der Waals surface area contributed by atoms with E-state index in [1.807, 2.05) is 18.5 Å². The highest BCUT2D eigenvalue weighted by atomic mass is 15.1. The van der Waals surface area contributed by atoms with Gasteiger partial charge in [0.2, 0.25) is 0 Å². The summed E-state index contributed by atoms with van der Waals surface area (Å²) in [6.45, 7) is 2.32. The van der Waals surface area contributed by atoms with Crippen molar-refractivity contribution < 1.29 is 0 Å². The number of para-hydroxylation sites is 1. The quantitative estimate of drug-likeness (QED) is 0.766. The first-order valence-corrected chi connectivity index (χ1v) is 8.26. The van der Waals surface area contributed by atoms with Crippen molar-refractivity contribution >= 4 is 27.8 Å². The molecule has 2 aromatic heterocycles. The molecule has 1 saturated carbocycles. The Labute approximate surface area is 130 Å². The lowest BCUT2D eigenvalue weighted by Crippen LogP contribution is -2.18. The van der Waals surface area contributed by atoms with E-state index in [0.717, 1.165) is 27.9 Å². The van der Waals surface area contributed by atoms with Crippen molar-refractivity contribution in [3.63, 3.8) is 0 Å². The average Bonchev–Trinajstić information content (AvgIpc) is 3.01. The van der Waals surface area contributed by atoms with Crippen LogP contribution in [0.15, 0.2) is 30.6 Å². The third-order valence-corrected chi connectivity index (χ3v) is 5.21. The standard InChI is InChI=1S/C18H22N4/c1-12(13-7-3-2-4-8-13)22-11-20-16-17(22)14-9-5-6-10-15(14)21-18(16)19/h5-6,9-13H,2-4,7-8H2,1H3,(H2,19,21)/t12-/m1/s1. The predicted octanol–water partition coefficient (Wildman–Crippen LogP) is 4.31. The summed E-state index contributed by atoms with van der Waals surface area (Å²) in [6.07, 6.45) is 8.68. The van der Waals surface area contributed by atoms with Gasteiger partial charge in [0.1, 0.15) is 5.52 Å². The Morgan fingerprint density at radius 3 is 2.77 bits per heavy atom. The Kier molecular flexibility index (Phi) is 3.25. The van der Waals surface area contributed by atoms with Crippen LogP contribution in [0.5, 0.6) is 0 Å². The van der Waals surface area contributed by atoms with Crippen molar-refractivity contribution in [3.8, 4) is 0 Å². The van der Waals surface area contributed by atoms with Crippen molar-refractivity contribution in [1.29, 1.82) is 0 Å². The van der Waals surface area contributed by atoms with Gasteiger partial charge in [0.05, 0.1) is 17.4 Å². The summed E-state index contributed by atoms with van der Waals surface area (Å²) in [5, 5.41) is 1.15. The summed E-state index contributed by atoms with van der Waals surface area (Å²) < 4.78 is 2.33. The normalized spacial score (nSPS) is 18.0. The van der Waals surface area contributed by atoms with Gasteiger partial charge in [-0.25, -0.2) is 9.97 Å². The summed E-state index contributed by atoms with van der Waals surface area (Å²) in [4.78, 5) is 9.05. The van der Waals surface area contributed by atoms with Gasteiger partial charge in [-0.2, -0.15) is 0 Å². The van der Waals surface area contributed by atoms with E-state index in [2.05, 4.69) is 33.6 Å². The van der Waals surface area contributed by atoms with Crippen molar-refractivity contribution in [2.24, 2.45) is 5.92 Å². The molecule has 4 heteroatoms. The molecule has 0 saturated heterocycles. The molecule has 4 nitrogen and oxygen atoms in total. The monoisotopic (exact) mass is 294 g/mol. The molecule has 4 rings (SSSR count). The number of imidazole rings is 1. The Balaban J connectivity index is 1.90. The van der Waals surface area contributed by atoms with E-state index in [9.17, 15) is 0 Å². The molecule has 0 aliphatic heterocycles. The van der Waals surface area contributed by atoms with Crippen molar-refractivity contribution in [2.75, 3.05) is 5.73 Å². The van der Waals surface area contributed by atoms with Crippen LogP contribution in [0.3, 0.4) is 0 Å². The first-order valence-electron chi connectivity index (χ1n) is 8.26. The molecule has 0 amide bonds. The molecule has 114 valence electrons. The van der Waals surface area contributed by atoms with Crippen LogP contribution in [0.25, 0.3) is 21.9 Å². The Hall–Kier alpha value is -2.10. The maximum Gasteiger partial charge on any atom is 0.152 e. The number of hydrogen-bond donors (Lipinski definition) is 1. The first-order chi connectivity index (χ1) is 10.8. The fourth-order valence-electron chi connectivity index (χ4n) is 3.92. The van der Waals surface area contributed by atoms with Crippen LogP contribution in [0.4, 0.5) is 5.82 Å². The Morgan fingerprint density at radius 1 is 1.18 bits per heavy atom. The highest BCUT2D eigenvalue weighted by Gasteiger charge is 2.24. The van der Waals surface area contributed by atoms with Crippen molar-refractivity contribution in [1.82, 2.24) is 14.5 Å². The smallest absolute Gasteiger partial charge is 0.152 e. The minimum atomic E-state index is 0.454. The average molecular weight is 294 g/mol. The number of anilines is 1. The van der Waals surface area contributed by atoms with Gasteiger partial charge in [-0.05, 0) is 31.7 Å². The van der Waals surface area contributed by atoms with Crippen LogP contribution >= 0.6 is 0 Å². The second-order valence-corrected chi connectivity index (χ2v) is 6.50. The highest BCUT2D eigenvalue weighted by Crippen LogP contribution is 2.36. The molecule has 0 spiro atoms. The number of hydrogen-bond acceptors (Lipinski definition) is 3. The summed E-state index contributed by atoms with van der Waals surface area (Å²) in [7, 11) is 0. The zero-order valence-corrected chi connectivity index (χ0v) is 13.0. The first kappa shape index (κ1) is 13.6. The van der Waals surface area contributed by atoms with Crippen LogP contribution in [0, 0.1) is 5.92 Å². The van der Waals surface area contributed by atoms with Gasteiger partial charge in [0.15, 0.2) is 5.82 Å². The molecular formula is C18H22N4. The number of nitrogens with zero attached hydrogens (tertiary/aromatic N) is 3. The van der Waals surface area contributed by atoms with E-state index < -0.39 is 0 Å². The number of rotatable bonds is 2. The number of benzene rings is 1. The molecule has 0 unspecified atom stereocenters. The molecule has 2 heterocycles. The van der Waals surface area contributed by atoms with Crippen molar-refractivity contribution in [2.45, 2.75) is 45.1 Å². The van der Waals surface area contributed by atoms with Gasteiger partial charge in [0.25, 0.3) is 0 Å². The van der Waals surface area contributed by atoms with Crippen molar-refractivity contribution in [3.05, 3.63) is 30.6 Å². The van der Waals surface area contributed by atoms with Gasteiger partial charge < -0.3 is 10.3 Å². The highest BCUT2D eigenvalue weighted by molar-refractivity contribution is 6.06. The third-order valence-electron chi connectivity index (χ3n) is 5.21. The molecule has 1 aliphatic carbocycles. The van der Waals surface area contributed by atoms with Gasteiger partial charge >= 0.3 is 0 Å². The minimum Gasteiger partial charge on any atom is -0.382 e. The number of pyridine rings is 1. The molecule has 3 aromatic rings. The van der Waals surface area contributed by atoms with E-state index in [-0.39, 0.29) is 0 Å². The van der Waals surface area contributed by atoms with Gasteiger partial charge in [-0.1, -0.05) is 37.5 Å². The summed E-state index contributed by atoms with van der Waals surface area (Å²) >= 11 is 0. The van der Waals surface area contributed by atoms with Crippen LogP contribution in [0.1, 0.15) is 45.1 Å². The molecule has 1 aromatic carbocycles. The van der Waals surface area contributed by atoms with E-state index in [1.54, 1.807) is 0 Å². The molecule has 1 aliphatic rings. The maximum atomic E-state index is 6.13. The zero-order valence-electron chi connectivity index (χ0n) is 13.0. The molecule has 1 fully saturated rings. The number of aromatic nitrogens is 3. The maximum absolute atomic E-state index is 6.13. The van der Waals surface area contributed by atoms with Gasteiger partial charge in [-0.15, -0.1) is 0 Å². The molecule has 0 radical (unpaired) electrons. The van der Waals surface area contributed by atoms with Crippen LogP contribution in [0.2, 0.25) is 0 Å². The second-order valence-electron chi connectivity index (χ2n) is 6.50. The number of nitrogens with two attached hydrogens (primary N) is 1. The lowest BCUT2D eigenvalue weighted by molar-refractivity contribution is 0.268. The zero-order chi connectivity index (χ0) is 15.1. The SMILES string of the molecule is C[C@H](C1CCCCC1)n1cnc2c(N)nc3ccccc3c21. The van der Waals surface area contributed by atoms with Gasteiger partial charge in [-0.3, -0.25) is 0 Å². The van der Waals surface area contributed by atoms with Gasteiger partial charge in [0, 0.05) is 11.4 Å². The summed E-state index contributed by atoms with van der Waals surface area (Å²) in [5.41, 5.74) is 9.05. The van der Waals surface area contributed by atoms with E-state index in [4.69, 9.17) is 5.73 Å². The predicted molar refractivity (Wildman–Crippen MR) is 90.7 cm³/mol. The molecule has 22 heavy (non-hydrogen) atoms. The topological polar surface area (TPSA) is 56.7 Å². The van der Waals surface area contributed by atoms with Crippen LogP contribution < -0.4 is 5.73 Å². The number of fused-ring (bicyclic) bond motifs is 3. The van der Waals surface area contributed by atoms with E-state index in [0.29, 0.717) is 11.9 Å². The lowest BCUT2D eigenvalue weighted by atomic mass is 9.84. The summed E-state index contributed by atoms with van der Waals surface area (Å²) in [6, 6.07) is 8.66. The molecule has 0 bridgehead atoms. The largest absolute Gasteiger partial charge is 0.382 e. The molecular weight excluding hydrogens is 272 g/mol. The van der Waals surface area contributed by atoms with Crippen LogP contribution in [-0.2, 0) is 0 Å². The fraction of sp³-hybridized carbons (Fsp3) is 0.444. The third kappa shape index (κ3) is 2.05. The Bertz CT molecular complexity index is 814. The van der Waals surface area contributed by atoms with Crippen LogP contribution in [-0.4, -0.2) is 14.5 Å². The molecule has 2 N–H and O–H groups in total. The summed E-state index contributed by atoms with van der Waals surface area (Å²) in [5.74, 6) is 1.27. The molecule has 1 atom stereocenters. The second kappa shape index (κ2) is 5.27.